The Bertz CT molecular complexity index is 806. The number of carbonyl (C=O) groups is 1. The summed E-state index contributed by atoms with van der Waals surface area (Å²) in [6.07, 6.45) is 0. The molecule has 0 fully saturated rings. The molecule has 0 aliphatic carbocycles. The van der Waals surface area contributed by atoms with E-state index in [0.29, 0.717) is 23.0 Å². The Balaban J connectivity index is 2.26. The van der Waals surface area contributed by atoms with Gasteiger partial charge >= 0.3 is 5.97 Å². The molecule has 0 aromatic heterocycles. The van der Waals surface area contributed by atoms with Gasteiger partial charge in [-0.25, -0.2) is 4.79 Å². The molecule has 0 radical (unpaired) electrons. The molecule has 0 spiro atoms. The second-order valence-corrected chi connectivity index (χ2v) is 5.68. The van der Waals surface area contributed by atoms with Crippen molar-refractivity contribution in [2.75, 3.05) is 19.6 Å². The number of hydrogen-bond donors (Lipinski definition) is 2. The van der Waals surface area contributed by atoms with E-state index in [4.69, 9.17) is 26.2 Å². The van der Waals surface area contributed by atoms with E-state index >= 15 is 0 Å². The SMILES string of the molecule is COCc1cc(/C(C)=N\Nc2cc(C(=O)O)ccc2Cl)ccc1OC. The van der Waals surface area contributed by atoms with Crippen LogP contribution in [-0.2, 0) is 11.3 Å². The molecule has 7 heteroatoms. The zero-order valence-electron chi connectivity index (χ0n) is 14.2. The van der Waals surface area contributed by atoms with Gasteiger partial charge in [-0.15, -0.1) is 0 Å². The summed E-state index contributed by atoms with van der Waals surface area (Å²) in [4.78, 5) is 11.1. The van der Waals surface area contributed by atoms with E-state index in [2.05, 4.69) is 10.5 Å². The van der Waals surface area contributed by atoms with Crippen molar-refractivity contribution in [1.82, 2.24) is 0 Å². The predicted octanol–water partition coefficient (Wildman–Crippen LogP) is 4.03. The van der Waals surface area contributed by atoms with E-state index in [1.165, 1.54) is 18.2 Å². The summed E-state index contributed by atoms with van der Waals surface area (Å²) in [5, 5.41) is 13.7. The molecule has 0 heterocycles. The third kappa shape index (κ3) is 4.71. The lowest BCUT2D eigenvalue weighted by Crippen LogP contribution is -2.03. The second kappa shape index (κ2) is 8.50. The van der Waals surface area contributed by atoms with Crippen LogP contribution in [-0.4, -0.2) is 31.0 Å². The highest BCUT2D eigenvalue weighted by Gasteiger charge is 2.09. The fourth-order valence-electron chi connectivity index (χ4n) is 2.22. The molecule has 0 bridgehead atoms. The number of ether oxygens (including phenoxy) is 2. The third-order valence-corrected chi connectivity index (χ3v) is 3.88. The number of nitrogens with zero attached hydrogens (tertiary/aromatic N) is 1. The Hall–Kier alpha value is -2.57. The summed E-state index contributed by atoms with van der Waals surface area (Å²) >= 11 is 6.08. The molecule has 2 N–H and O–H groups in total. The Morgan fingerprint density at radius 2 is 1.92 bits per heavy atom. The number of rotatable bonds is 7. The van der Waals surface area contributed by atoms with Crippen LogP contribution in [0.3, 0.4) is 0 Å². The van der Waals surface area contributed by atoms with Crippen molar-refractivity contribution in [3.05, 3.63) is 58.1 Å². The van der Waals surface area contributed by atoms with E-state index in [9.17, 15) is 4.79 Å². The van der Waals surface area contributed by atoms with Crippen LogP contribution in [0.5, 0.6) is 5.75 Å². The first-order valence-electron chi connectivity index (χ1n) is 7.45. The molecule has 0 amide bonds. The van der Waals surface area contributed by atoms with Crippen molar-refractivity contribution < 1.29 is 19.4 Å². The zero-order valence-corrected chi connectivity index (χ0v) is 14.9. The topological polar surface area (TPSA) is 80.2 Å². The van der Waals surface area contributed by atoms with Crippen molar-refractivity contribution in [1.29, 1.82) is 0 Å². The van der Waals surface area contributed by atoms with Crippen LogP contribution in [0.1, 0.15) is 28.4 Å². The molecule has 0 aliphatic heterocycles. The first-order valence-corrected chi connectivity index (χ1v) is 7.83. The van der Waals surface area contributed by atoms with Crippen molar-refractivity contribution >= 4 is 29.0 Å². The van der Waals surface area contributed by atoms with E-state index < -0.39 is 5.97 Å². The maximum absolute atomic E-state index is 11.1. The first-order chi connectivity index (χ1) is 12.0. The highest BCUT2D eigenvalue weighted by molar-refractivity contribution is 6.33. The molecule has 0 unspecified atom stereocenters. The van der Waals surface area contributed by atoms with Crippen LogP contribution in [0.25, 0.3) is 0 Å². The number of anilines is 1. The van der Waals surface area contributed by atoms with Gasteiger partial charge in [0, 0.05) is 12.7 Å². The lowest BCUT2D eigenvalue weighted by atomic mass is 10.1. The first kappa shape index (κ1) is 18.8. The highest BCUT2D eigenvalue weighted by Crippen LogP contribution is 2.24. The van der Waals surface area contributed by atoms with Crippen molar-refractivity contribution in [3.8, 4) is 5.75 Å². The Morgan fingerprint density at radius 1 is 1.20 bits per heavy atom. The molecule has 0 saturated heterocycles. The van der Waals surface area contributed by atoms with Gasteiger partial charge in [0.15, 0.2) is 0 Å². The Kier molecular flexibility index (Phi) is 6.38. The summed E-state index contributed by atoms with van der Waals surface area (Å²) in [6.45, 7) is 2.25. The molecular weight excluding hydrogens is 344 g/mol. The van der Waals surface area contributed by atoms with E-state index in [1.807, 2.05) is 25.1 Å². The summed E-state index contributed by atoms with van der Waals surface area (Å²) in [5.74, 6) is -0.289. The lowest BCUT2D eigenvalue weighted by Gasteiger charge is -2.11. The third-order valence-electron chi connectivity index (χ3n) is 3.56. The zero-order chi connectivity index (χ0) is 18.4. The number of aromatic carboxylic acids is 1. The highest BCUT2D eigenvalue weighted by atomic mass is 35.5. The fourth-order valence-corrected chi connectivity index (χ4v) is 2.38. The Labute approximate surface area is 151 Å². The number of hydrogen-bond acceptors (Lipinski definition) is 5. The van der Waals surface area contributed by atoms with Crippen molar-refractivity contribution in [2.45, 2.75) is 13.5 Å². The molecule has 2 aromatic carbocycles. The van der Waals surface area contributed by atoms with Gasteiger partial charge in [0.1, 0.15) is 5.75 Å². The Morgan fingerprint density at radius 3 is 2.56 bits per heavy atom. The summed E-state index contributed by atoms with van der Waals surface area (Å²) in [7, 11) is 3.22. The van der Waals surface area contributed by atoms with Gasteiger partial charge in [-0.3, -0.25) is 5.43 Å². The average Bonchev–Trinajstić information content (AvgIpc) is 2.60. The second-order valence-electron chi connectivity index (χ2n) is 5.27. The summed E-state index contributed by atoms with van der Waals surface area (Å²) < 4.78 is 10.5. The smallest absolute Gasteiger partial charge is 0.335 e. The number of carboxylic acid groups (broad SMARTS) is 1. The molecule has 2 rings (SSSR count). The number of carboxylic acids is 1. The molecule has 0 atom stereocenters. The number of nitrogens with one attached hydrogen (secondary N) is 1. The number of halogens is 1. The normalized spacial score (nSPS) is 11.3. The van der Waals surface area contributed by atoms with Gasteiger partial charge in [-0.1, -0.05) is 11.6 Å². The van der Waals surface area contributed by atoms with Crippen LogP contribution >= 0.6 is 11.6 Å². The quantitative estimate of drug-likeness (QED) is 0.574. The van der Waals surface area contributed by atoms with Gasteiger partial charge in [-0.05, 0) is 48.9 Å². The molecule has 6 nitrogen and oxygen atoms in total. The minimum atomic E-state index is -1.03. The van der Waals surface area contributed by atoms with Crippen LogP contribution in [0.4, 0.5) is 5.69 Å². The van der Waals surface area contributed by atoms with Crippen molar-refractivity contribution in [3.63, 3.8) is 0 Å². The van der Waals surface area contributed by atoms with Crippen LogP contribution < -0.4 is 10.2 Å². The maximum Gasteiger partial charge on any atom is 0.335 e. The molecule has 25 heavy (non-hydrogen) atoms. The molecule has 0 aliphatic rings. The van der Waals surface area contributed by atoms with E-state index in [-0.39, 0.29) is 5.56 Å². The lowest BCUT2D eigenvalue weighted by molar-refractivity contribution is 0.0697. The van der Waals surface area contributed by atoms with Gasteiger partial charge in [0.25, 0.3) is 0 Å². The van der Waals surface area contributed by atoms with Crippen LogP contribution in [0.2, 0.25) is 5.02 Å². The van der Waals surface area contributed by atoms with E-state index in [1.54, 1.807) is 14.2 Å². The molecule has 0 saturated carbocycles. The van der Waals surface area contributed by atoms with Gasteiger partial charge < -0.3 is 14.6 Å². The molecule has 2 aromatic rings. The standard InChI is InChI=1S/C18H19ClN2O4/c1-11(12-5-7-17(25-3)14(8-12)10-24-2)20-21-16-9-13(18(22)23)4-6-15(16)19/h4-9,21H,10H2,1-3H3,(H,22,23)/b20-11-. The number of methoxy groups -OCH3 is 2. The van der Waals surface area contributed by atoms with Gasteiger partial charge in [0.2, 0.25) is 0 Å². The number of benzene rings is 2. The largest absolute Gasteiger partial charge is 0.496 e. The monoisotopic (exact) mass is 362 g/mol. The van der Waals surface area contributed by atoms with Crippen LogP contribution in [0, 0.1) is 0 Å². The predicted molar refractivity (Wildman–Crippen MR) is 98.0 cm³/mol. The summed E-state index contributed by atoms with van der Waals surface area (Å²) in [5.41, 5.74) is 5.86. The fraction of sp³-hybridized carbons (Fsp3) is 0.222. The molecular formula is C18H19ClN2O4. The van der Waals surface area contributed by atoms with Gasteiger partial charge in [0.05, 0.1) is 35.7 Å². The molecule has 132 valence electrons. The average molecular weight is 363 g/mol. The van der Waals surface area contributed by atoms with E-state index in [0.717, 1.165) is 16.9 Å². The van der Waals surface area contributed by atoms with Gasteiger partial charge in [-0.2, -0.15) is 5.10 Å². The van der Waals surface area contributed by atoms with Crippen molar-refractivity contribution in [2.24, 2.45) is 5.10 Å². The summed E-state index contributed by atoms with van der Waals surface area (Å²) in [6, 6.07) is 10.0. The maximum atomic E-state index is 11.1. The minimum Gasteiger partial charge on any atom is -0.496 e. The number of hydrazone groups is 1. The minimum absolute atomic E-state index is 0.131. The van der Waals surface area contributed by atoms with Crippen LogP contribution in [0.15, 0.2) is 41.5 Å².